The summed E-state index contributed by atoms with van der Waals surface area (Å²) in [6.07, 6.45) is 1.60. The molecular weight excluding hydrogens is 296 g/mol. The van der Waals surface area contributed by atoms with Gasteiger partial charge in [-0.15, -0.1) is 0 Å². The molecule has 3 rings (SSSR count). The summed E-state index contributed by atoms with van der Waals surface area (Å²) < 4.78 is 10.2. The zero-order valence-corrected chi connectivity index (χ0v) is 12.6. The zero-order chi connectivity index (χ0) is 16.6. The van der Waals surface area contributed by atoms with E-state index in [9.17, 15) is 14.7 Å². The zero-order valence-electron chi connectivity index (χ0n) is 12.6. The minimum atomic E-state index is -0.420. The molecule has 2 aromatic rings. The molecule has 1 aliphatic rings. The Labute approximate surface area is 132 Å². The normalized spacial score (nSPS) is 14.5. The molecule has 5 heteroatoms. The molecule has 23 heavy (non-hydrogen) atoms. The van der Waals surface area contributed by atoms with Crippen LogP contribution in [0.4, 0.5) is 0 Å². The number of aromatic hydroxyl groups is 1. The van der Waals surface area contributed by atoms with Gasteiger partial charge in [0.05, 0.1) is 18.2 Å². The van der Waals surface area contributed by atoms with Crippen LogP contribution in [0.3, 0.4) is 0 Å². The first-order valence-electron chi connectivity index (χ1n) is 6.96. The molecule has 0 saturated heterocycles. The van der Waals surface area contributed by atoms with Gasteiger partial charge in [0.1, 0.15) is 11.5 Å². The number of allylic oxidation sites excluding steroid dienone is 1. The maximum absolute atomic E-state index is 12.3. The average Bonchev–Trinajstić information content (AvgIpc) is 2.88. The number of fused-ring (bicyclic) bond motifs is 1. The van der Waals surface area contributed by atoms with E-state index >= 15 is 0 Å². The molecule has 1 N–H and O–H groups in total. The number of carbonyl (C=O) groups excluding carboxylic acids is 2. The second-order valence-electron chi connectivity index (χ2n) is 5.14. The summed E-state index contributed by atoms with van der Waals surface area (Å²) in [6, 6.07) is 9.64. The van der Waals surface area contributed by atoms with Gasteiger partial charge >= 0.3 is 5.97 Å². The van der Waals surface area contributed by atoms with Gasteiger partial charge in [0.15, 0.2) is 5.76 Å². The van der Waals surface area contributed by atoms with Crippen LogP contribution in [0.1, 0.15) is 31.8 Å². The lowest BCUT2D eigenvalue weighted by Crippen LogP contribution is -2.01. The topological polar surface area (TPSA) is 72.8 Å². The Bertz CT molecular complexity index is 831. The third-order valence-corrected chi connectivity index (χ3v) is 3.69. The fourth-order valence-corrected chi connectivity index (χ4v) is 2.36. The van der Waals surface area contributed by atoms with Crippen molar-refractivity contribution in [2.75, 3.05) is 7.11 Å². The van der Waals surface area contributed by atoms with Crippen LogP contribution in [-0.2, 0) is 4.74 Å². The summed E-state index contributed by atoms with van der Waals surface area (Å²) in [5.74, 6) is -0.0109. The van der Waals surface area contributed by atoms with Crippen LogP contribution in [-0.4, -0.2) is 24.0 Å². The van der Waals surface area contributed by atoms with Crippen LogP contribution in [0.5, 0.6) is 11.5 Å². The highest BCUT2D eigenvalue weighted by Crippen LogP contribution is 2.38. The van der Waals surface area contributed by atoms with Crippen molar-refractivity contribution >= 4 is 17.8 Å². The number of ketones is 1. The van der Waals surface area contributed by atoms with Gasteiger partial charge in [-0.3, -0.25) is 4.79 Å². The summed E-state index contributed by atoms with van der Waals surface area (Å²) in [5.41, 5.74) is 2.10. The fraction of sp³-hybridized carbons (Fsp3) is 0.111. The number of methoxy groups -OCH3 is 1. The predicted molar refractivity (Wildman–Crippen MR) is 83.6 cm³/mol. The van der Waals surface area contributed by atoms with E-state index in [2.05, 4.69) is 4.74 Å². The molecular formula is C18H14O5. The van der Waals surface area contributed by atoms with Crippen molar-refractivity contribution in [2.24, 2.45) is 0 Å². The highest BCUT2D eigenvalue weighted by atomic mass is 16.5. The molecule has 1 aliphatic heterocycles. The first kappa shape index (κ1) is 14.8. The summed E-state index contributed by atoms with van der Waals surface area (Å²) in [7, 11) is 1.32. The van der Waals surface area contributed by atoms with Crippen LogP contribution in [0.2, 0.25) is 0 Å². The standard InChI is InChI=1S/C18H14O5/c1-10-14(19)8-7-13-16(20)15(23-17(10)13)9-11-3-5-12(6-4-11)18(21)22-2/h3-9,19H,1-2H3/b15-9-. The van der Waals surface area contributed by atoms with Crippen molar-refractivity contribution in [2.45, 2.75) is 6.92 Å². The van der Waals surface area contributed by atoms with Crippen molar-refractivity contribution in [1.82, 2.24) is 0 Å². The molecule has 1 heterocycles. The molecule has 0 fully saturated rings. The highest BCUT2D eigenvalue weighted by Gasteiger charge is 2.29. The maximum atomic E-state index is 12.3. The highest BCUT2D eigenvalue weighted by molar-refractivity contribution is 6.15. The first-order chi connectivity index (χ1) is 11.0. The molecule has 0 bridgehead atoms. The molecule has 2 aromatic carbocycles. The van der Waals surface area contributed by atoms with Crippen molar-refractivity contribution in [1.29, 1.82) is 0 Å². The lowest BCUT2D eigenvalue weighted by molar-refractivity contribution is 0.0600. The molecule has 0 atom stereocenters. The summed E-state index contributed by atoms with van der Waals surface area (Å²) in [4.78, 5) is 23.7. The van der Waals surface area contributed by atoms with Crippen molar-refractivity contribution in [3.63, 3.8) is 0 Å². The van der Waals surface area contributed by atoms with Crippen LogP contribution in [0, 0.1) is 6.92 Å². The second kappa shape index (κ2) is 5.61. The quantitative estimate of drug-likeness (QED) is 0.681. The van der Waals surface area contributed by atoms with Gasteiger partial charge in [-0.1, -0.05) is 12.1 Å². The molecule has 0 saturated carbocycles. The van der Waals surface area contributed by atoms with E-state index in [1.54, 1.807) is 43.3 Å². The van der Waals surface area contributed by atoms with Gasteiger partial charge in [0.25, 0.3) is 0 Å². The van der Waals surface area contributed by atoms with Crippen LogP contribution >= 0.6 is 0 Å². The molecule has 0 aliphatic carbocycles. The molecule has 0 spiro atoms. The molecule has 0 amide bonds. The number of hydrogen-bond donors (Lipinski definition) is 1. The van der Waals surface area contributed by atoms with Crippen LogP contribution in [0.25, 0.3) is 6.08 Å². The Kier molecular flexibility index (Phi) is 3.62. The van der Waals surface area contributed by atoms with Gasteiger partial charge in [-0.25, -0.2) is 4.79 Å². The van der Waals surface area contributed by atoms with E-state index in [4.69, 9.17) is 4.74 Å². The molecule has 116 valence electrons. The number of hydrogen-bond acceptors (Lipinski definition) is 5. The molecule has 0 aromatic heterocycles. The van der Waals surface area contributed by atoms with Crippen molar-refractivity contribution < 1.29 is 24.2 Å². The number of phenols is 1. The van der Waals surface area contributed by atoms with Gasteiger partial charge in [-0.2, -0.15) is 0 Å². The van der Waals surface area contributed by atoms with E-state index in [1.807, 2.05) is 0 Å². The monoisotopic (exact) mass is 310 g/mol. The Morgan fingerprint density at radius 3 is 2.52 bits per heavy atom. The summed E-state index contributed by atoms with van der Waals surface area (Å²) >= 11 is 0. The largest absolute Gasteiger partial charge is 0.508 e. The lowest BCUT2D eigenvalue weighted by Gasteiger charge is -2.04. The molecule has 0 unspecified atom stereocenters. The number of rotatable bonds is 2. The van der Waals surface area contributed by atoms with E-state index in [0.29, 0.717) is 22.4 Å². The number of esters is 1. The number of phenolic OH excluding ortho intramolecular Hbond substituents is 1. The number of benzene rings is 2. The Hall–Kier alpha value is -3.08. The number of ether oxygens (including phenoxy) is 2. The first-order valence-corrected chi connectivity index (χ1v) is 6.96. The minimum Gasteiger partial charge on any atom is -0.508 e. The third kappa shape index (κ3) is 2.57. The summed E-state index contributed by atoms with van der Waals surface area (Å²) in [6.45, 7) is 1.69. The Morgan fingerprint density at radius 2 is 1.87 bits per heavy atom. The van der Waals surface area contributed by atoms with Crippen molar-refractivity contribution in [3.8, 4) is 11.5 Å². The second-order valence-corrected chi connectivity index (χ2v) is 5.14. The third-order valence-electron chi connectivity index (χ3n) is 3.69. The summed E-state index contributed by atoms with van der Waals surface area (Å²) in [5, 5.41) is 9.70. The Balaban J connectivity index is 1.92. The molecule has 5 nitrogen and oxygen atoms in total. The van der Waals surface area contributed by atoms with E-state index in [-0.39, 0.29) is 17.3 Å². The number of Topliss-reactive ketones (excluding diaryl/α,β-unsaturated/α-hetero) is 1. The number of carbonyl (C=O) groups is 2. The van der Waals surface area contributed by atoms with E-state index in [1.165, 1.54) is 13.2 Å². The maximum Gasteiger partial charge on any atom is 0.337 e. The van der Waals surface area contributed by atoms with Crippen LogP contribution < -0.4 is 4.74 Å². The van der Waals surface area contributed by atoms with E-state index < -0.39 is 5.97 Å². The van der Waals surface area contributed by atoms with Gasteiger partial charge in [0.2, 0.25) is 5.78 Å². The minimum absolute atomic E-state index is 0.0835. The van der Waals surface area contributed by atoms with Gasteiger partial charge in [0, 0.05) is 5.56 Å². The van der Waals surface area contributed by atoms with Crippen molar-refractivity contribution in [3.05, 3.63) is 64.4 Å². The predicted octanol–water partition coefficient (Wildman–Crippen LogP) is 3.10. The fourth-order valence-electron chi connectivity index (χ4n) is 2.36. The smallest absolute Gasteiger partial charge is 0.337 e. The average molecular weight is 310 g/mol. The van der Waals surface area contributed by atoms with Gasteiger partial charge < -0.3 is 14.6 Å². The van der Waals surface area contributed by atoms with E-state index in [0.717, 1.165) is 5.56 Å². The van der Waals surface area contributed by atoms with Crippen LogP contribution in [0.15, 0.2) is 42.2 Å². The lowest BCUT2D eigenvalue weighted by atomic mass is 10.1. The Morgan fingerprint density at radius 1 is 1.17 bits per heavy atom. The van der Waals surface area contributed by atoms with Gasteiger partial charge in [-0.05, 0) is 42.8 Å². The SMILES string of the molecule is COC(=O)c1ccc(/C=C2\Oc3c(ccc(O)c3C)C2=O)cc1. The molecule has 0 radical (unpaired) electrons.